The van der Waals surface area contributed by atoms with Gasteiger partial charge in [0.2, 0.25) is 12.7 Å². The van der Waals surface area contributed by atoms with Crippen LogP contribution in [-0.4, -0.2) is 18.7 Å². The molecule has 0 unspecified atom stereocenters. The van der Waals surface area contributed by atoms with Gasteiger partial charge >= 0.3 is 0 Å². The van der Waals surface area contributed by atoms with Gasteiger partial charge in [0.05, 0.1) is 11.7 Å². The smallest absolute Gasteiger partial charge is 0.231 e. The maximum absolute atomic E-state index is 10.8. The summed E-state index contributed by atoms with van der Waals surface area (Å²) in [7, 11) is 0. The number of carbonyl (C=O) groups excluding carboxylic acids is 2. The Kier molecular flexibility index (Phi) is 3.18. The standard InChI is InChI=1S/C12H11NO5/c1-7(14)13-9(12(15)16)4-8-2-3-10-11(5-8)18-6-17-10/h2-5H,6H2,1H3,(H,13,14)(H,15,16)/p-1/b9-4-. The fraction of sp³-hybridized carbons (Fsp3) is 0.167. The first-order valence-electron chi connectivity index (χ1n) is 5.16. The van der Waals surface area contributed by atoms with Crippen LogP contribution in [0, 0.1) is 0 Å². The molecule has 1 N–H and O–H groups in total. The molecule has 6 nitrogen and oxygen atoms in total. The van der Waals surface area contributed by atoms with Crippen LogP contribution in [0.1, 0.15) is 12.5 Å². The third-order valence-electron chi connectivity index (χ3n) is 2.24. The Labute approximate surface area is 103 Å². The number of fused-ring (bicyclic) bond motifs is 1. The summed E-state index contributed by atoms with van der Waals surface area (Å²) in [6, 6.07) is 4.93. The Balaban J connectivity index is 2.29. The Morgan fingerprint density at radius 3 is 2.72 bits per heavy atom. The minimum Gasteiger partial charge on any atom is -0.543 e. The number of hydrogen-bond acceptors (Lipinski definition) is 5. The lowest BCUT2D eigenvalue weighted by Crippen LogP contribution is -2.34. The van der Waals surface area contributed by atoms with Gasteiger partial charge in [-0.1, -0.05) is 6.07 Å². The molecule has 0 atom stereocenters. The predicted molar refractivity (Wildman–Crippen MR) is 59.4 cm³/mol. The fourth-order valence-corrected chi connectivity index (χ4v) is 1.51. The highest BCUT2D eigenvalue weighted by atomic mass is 16.7. The molecular weight excluding hydrogens is 238 g/mol. The number of hydrogen-bond donors (Lipinski definition) is 1. The third-order valence-corrected chi connectivity index (χ3v) is 2.24. The molecule has 2 rings (SSSR count). The second-order valence-corrected chi connectivity index (χ2v) is 3.64. The zero-order valence-corrected chi connectivity index (χ0v) is 9.56. The quantitative estimate of drug-likeness (QED) is 0.738. The minimum atomic E-state index is -1.46. The number of nitrogens with one attached hydrogen (secondary N) is 1. The molecule has 1 aliphatic rings. The lowest BCUT2D eigenvalue weighted by atomic mass is 10.1. The van der Waals surface area contributed by atoms with E-state index in [1.54, 1.807) is 18.2 Å². The Morgan fingerprint density at radius 1 is 1.33 bits per heavy atom. The van der Waals surface area contributed by atoms with E-state index >= 15 is 0 Å². The highest BCUT2D eigenvalue weighted by Crippen LogP contribution is 2.32. The van der Waals surface area contributed by atoms with Crippen molar-refractivity contribution in [2.24, 2.45) is 0 Å². The van der Waals surface area contributed by atoms with Gasteiger partial charge in [0.15, 0.2) is 11.5 Å². The maximum atomic E-state index is 10.8. The van der Waals surface area contributed by atoms with Crippen molar-refractivity contribution in [3.8, 4) is 11.5 Å². The van der Waals surface area contributed by atoms with E-state index in [1.807, 2.05) is 0 Å². The number of aliphatic carboxylic acids is 1. The molecule has 0 saturated heterocycles. The van der Waals surface area contributed by atoms with E-state index in [0.29, 0.717) is 17.1 Å². The maximum Gasteiger partial charge on any atom is 0.231 e. The van der Waals surface area contributed by atoms with E-state index in [0.717, 1.165) is 0 Å². The molecule has 0 fully saturated rings. The molecule has 0 spiro atoms. The van der Waals surface area contributed by atoms with E-state index in [9.17, 15) is 14.7 Å². The molecule has 1 aromatic carbocycles. The summed E-state index contributed by atoms with van der Waals surface area (Å²) in [6.07, 6.45) is 1.29. The monoisotopic (exact) mass is 248 g/mol. The normalized spacial score (nSPS) is 13.3. The van der Waals surface area contributed by atoms with E-state index in [1.165, 1.54) is 13.0 Å². The second-order valence-electron chi connectivity index (χ2n) is 3.64. The number of benzene rings is 1. The van der Waals surface area contributed by atoms with Gasteiger partial charge in [0, 0.05) is 6.92 Å². The van der Waals surface area contributed by atoms with Gasteiger partial charge in [-0.25, -0.2) is 0 Å². The molecule has 0 radical (unpaired) electrons. The van der Waals surface area contributed by atoms with E-state index < -0.39 is 11.9 Å². The predicted octanol–water partition coefficient (Wildman–Crippen LogP) is -0.358. The summed E-state index contributed by atoms with van der Waals surface area (Å²) in [5.41, 5.74) is 0.258. The van der Waals surface area contributed by atoms with Crippen LogP contribution < -0.4 is 19.9 Å². The fourth-order valence-electron chi connectivity index (χ4n) is 1.51. The van der Waals surface area contributed by atoms with Crippen molar-refractivity contribution in [3.05, 3.63) is 29.5 Å². The van der Waals surface area contributed by atoms with Crippen molar-refractivity contribution in [2.75, 3.05) is 6.79 Å². The van der Waals surface area contributed by atoms with Gasteiger partial charge in [-0.3, -0.25) is 4.79 Å². The Bertz CT molecular complexity index is 535. The highest BCUT2D eigenvalue weighted by molar-refractivity contribution is 5.95. The van der Waals surface area contributed by atoms with Crippen LogP contribution in [0.25, 0.3) is 6.08 Å². The van der Waals surface area contributed by atoms with Crippen molar-refractivity contribution in [2.45, 2.75) is 6.92 Å². The zero-order valence-electron chi connectivity index (χ0n) is 9.56. The van der Waals surface area contributed by atoms with Crippen molar-refractivity contribution < 1.29 is 24.2 Å². The molecular formula is C12H10NO5-. The molecule has 6 heteroatoms. The topological polar surface area (TPSA) is 87.7 Å². The van der Waals surface area contributed by atoms with Crippen LogP contribution in [0.15, 0.2) is 23.9 Å². The number of carboxylic acids is 1. The molecule has 94 valence electrons. The lowest BCUT2D eigenvalue weighted by Gasteiger charge is -2.09. The summed E-state index contributed by atoms with van der Waals surface area (Å²) >= 11 is 0. The van der Waals surface area contributed by atoms with Crippen LogP contribution in [0.5, 0.6) is 11.5 Å². The van der Waals surface area contributed by atoms with Gasteiger partial charge in [0.25, 0.3) is 0 Å². The summed E-state index contributed by atoms with van der Waals surface area (Å²) in [6.45, 7) is 1.36. The average molecular weight is 248 g/mol. The van der Waals surface area contributed by atoms with E-state index in [-0.39, 0.29) is 12.5 Å². The lowest BCUT2D eigenvalue weighted by molar-refractivity contribution is -0.299. The first kappa shape index (κ1) is 12.0. The van der Waals surface area contributed by atoms with Crippen LogP contribution >= 0.6 is 0 Å². The Morgan fingerprint density at radius 2 is 2.06 bits per heavy atom. The van der Waals surface area contributed by atoms with Gasteiger partial charge in [-0.2, -0.15) is 0 Å². The molecule has 1 aromatic rings. The van der Waals surface area contributed by atoms with Crippen LogP contribution in [0.4, 0.5) is 0 Å². The summed E-state index contributed by atoms with van der Waals surface area (Å²) < 4.78 is 10.3. The van der Waals surface area contributed by atoms with Gasteiger partial charge in [-0.15, -0.1) is 0 Å². The van der Waals surface area contributed by atoms with Gasteiger partial charge in [-0.05, 0) is 23.8 Å². The first-order valence-corrected chi connectivity index (χ1v) is 5.16. The van der Waals surface area contributed by atoms with Gasteiger partial charge in [0.1, 0.15) is 0 Å². The summed E-state index contributed by atoms with van der Waals surface area (Å²) in [5.74, 6) is -0.806. The number of carboxylic acid groups (broad SMARTS) is 1. The van der Waals surface area contributed by atoms with Crippen molar-refractivity contribution in [3.63, 3.8) is 0 Å². The molecule has 1 aliphatic heterocycles. The minimum absolute atomic E-state index is 0.140. The van der Waals surface area contributed by atoms with Crippen LogP contribution in [-0.2, 0) is 9.59 Å². The van der Waals surface area contributed by atoms with Crippen molar-refractivity contribution in [1.82, 2.24) is 5.32 Å². The zero-order chi connectivity index (χ0) is 13.1. The molecule has 1 heterocycles. The number of carbonyl (C=O) groups is 2. The molecule has 0 aliphatic carbocycles. The van der Waals surface area contributed by atoms with E-state index in [2.05, 4.69) is 5.32 Å². The first-order chi connectivity index (χ1) is 8.56. The third kappa shape index (κ3) is 2.60. The Hall–Kier alpha value is -2.50. The summed E-state index contributed by atoms with van der Waals surface area (Å²) in [5, 5.41) is 13.0. The SMILES string of the molecule is CC(=O)N/C(=C\c1ccc2c(c1)OCO2)C(=O)[O-]. The molecule has 0 bridgehead atoms. The average Bonchev–Trinajstić information content (AvgIpc) is 2.74. The largest absolute Gasteiger partial charge is 0.543 e. The van der Waals surface area contributed by atoms with Crippen LogP contribution in [0.2, 0.25) is 0 Å². The number of ether oxygens (including phenoxy) is 2. The highest BCUT2D eigenvalue weighted by Gasteiger charge is 2.12. The number of amides is 1. The molecule has 0 saturated carbocycles. The summed E-state index contributed by atoms with van der Waals surface area (Å²) in [4.78, 5) is 21.7. The van der Waals surface area contributed by atoms with Crippen LogP contribution in [0.3, 0.4) is 0 Å². The second kappa shape index (κ2) is 4.79. The van der Waals surface area contributed by atoms with Crippen molar-refractivity contribution in [1.29, 1.82) is 0 Å². The molecule has 0 aromatic heterocycles. The number of rotatable bonds is 3. The van der Waals surface area contributed by atoms with Crippen molar-refractivity contribution >= 4 is 18.0 Å². The van der Waals surface area contributed by atoms with Gasteiger partial charge < -0.3 is 24.7 Å². The molecule has 18 heavy (non-hydrogen) atoms. The van der Waals surface area contributed by atoms with E-state index in [4.69, 9.17) is 9.47 Å². The molecule has 1 amide bonds.